The highest BCUT2D eigenvalue weighted by molar-refractivity contribution is 5.60. The van der Waals surface area contributed by atoms with Crippen LogP contribution in [0.5, 0.6) is 0 Å². The van der Waals surface area contributed by atoms with Crippen LogP contribution in [0.25, 0.3) is 16.9 Å². The molecule has 0 spiro atoms. The summed E-state index contributed by atoms with van der Waals surface area (Å²) >= 11 is 0. The number of fused-ring (bicyclic) bond motifs is 1. The molecule has 96 valence electrons. The molecule has 0 saturated heterocycles. The third-order valence-corrected chi connectivity index (χ3v) is 3.04. The van der Waals surface area contributed by atoms with Crippen LogP contribution in [0.3, 0.4) is 0 Å². The van der Waals surface area contributed by atoms with Gasteiger partial charge in [0.1, 0.15) is 0 Å². The molecule has 0 unspecified atom stereocenters. The van der Waals surface area contributed by atoms with Gasteiger partial charge in [-0.3, -0.25) is 0 Å². The summed E-state index contributed by atoms with van der Waals surface area (Å²) in [7, 11) is 0. The van der Waals surface area contributed by atoms with Crippen LogP contribution in [0.1, 0.15) is 11.4 Å². The molecule has 0 radical (unpaired) electrons. The number of hydrogen-bond acceptors (Lipinski definition) is 4. The first-order valence-electron chi connectivity index (χ1n) is 6.26. The van der Waals surface area contributed by atoms with Gasteiger partial charge >= 0.3 is 0 Å². The molecule has 0 amide bonds. The lowest BCUT2D eigenvalue weighted by atomic mass is 10.1. The lowest BCUT2D eigenvalue weighted by Crippen LogP contribution is -2.08. The molecule has 5 heteroatoms. The van der Waals surface area contributed by atoms with Crippen LogP contribution < -0.4 is 5.73 Å². The van der Waals surface area contributed by atoms with Crippen LogP contribution in [-0.2, 0) is 6.42 Å². The Hall–Kier alpha value is -2.27. The van der Waals surface area contributed by atoms with E-state index in [2.05, 4.69) is 46.5 Å². The minimum absolute atomic E-state index is 0.539. The maximum atomic E-state index is 5.57. The Bertz CT molecular complexity index is 699. The molecule has 3 rings (SSSR count). The first kappa shape index (κ1) is 11.8. The smallest absolute Gasteiger partial charge is 0.177 e. The molecule has 3 aromatic rings. The van der Waals surface area contributed by atoms with Gasteiger partial charge < -0.3 is 5.73 Å². The van der Waals surface area contributed by atoms with Crippen molar-refractivity contribution in [2.45, 2.75) is 13.3 Å². The maximum absolute atomic E-state index is 5.57. The number of aryl methyl sites for hydroxylation is 1. The fourth-order valence-electron chi connectivity index (χ4n) is 2.00. The van der Waals surface area contributed by atoms with Crippen molar-refractivity contribution in [3.8, 4) is 11.3 Å². The highest BCUT2D eigenvalue weighted by Crippen LogP contribution is 2.18. The molecule has 0 saturated carbocycles. The van der Waals surface area contributed by atoms with E-state index in [4.69, 9.17) is 5.73 Å². The highest BCUT2D eigenvalue weighted by Gasteiger charge is 2.07. The zero-order valence-corrected chi connectivity index (χ0v) is 10.7. The first-order chi connectivity index (χ1) is 9.28. The predicted octanol–water partition coefficient (Wildman–Crippen LogP) is 1.60. The summed E-state index contributed by atoms with van der Waals surface area (Å²) in [5.41, 5.74) is 9.54. The number of aromatic nitrogens is 4. The molecule has 2 heterocycles. The minimum Gasteiger partial charge on any atom is -0.330 e. The van der Waals surface area contributed by atoms with Gasteiger partial charge in [-0.25, -0.2) is 0 Å². The average Bonchev–Trinajstić information content (AvgIpc) is 2.83. The van der Waals surface area contributed by atoms with E-state index in [0.29, 0.717) is 13.0 Å². The van der Waals surface area contributed by atoms with Gasteiger partial charge in [0.15, 0.2) is 11.5 Å². The van der Waals surface area contributed by atoms with E-state index >= 15 is 0 Å². The largest absolute Gasteiger partial charge is 0.330 e. The van der Waals surface area contributed by atoms with Crippen molar-refractivity contribution in [3.63, 3.8) is 0 Å². The standard InChI is InChI=1S/C14H15N5/c1-10-2-4-11(5-3-10)12-6-7-13-16-17-14(8-9-15)19(13)18-12/h2-7H,8-9,15H2,1H3. The van der Waals surface area contributed by atoms with Crippen molar-refractivity contribution in [1.82, 2.24) is 19.8 Å². The zero-order chi connectivity index (χ0) is 13.2. The van der Waals surface area contributed by atoms with Gasteiger partial charge in [-0.15, -0.1) is 10.2 Å². The Balaban J connectivity index is 2.09. The van der Waals surface area contributed by atoms with E-state index < -0.39 is 0 Å². The summed E-state index contributed by atoms with van der Waals surface area (Å²) in [6, 6.07) is 12.2. The third-order valence-electron chi connectivity index (χ3n) is 3.04. The molecular weight excluding hydrogens is 238 g/mol. The molecule has 19 heavy (non-hydrogen) atoms. The quantitative estimate of drug-likeness (QED) is 0.769. The first-order valence-corrected chi connectivity index (χ1v) is 6.26. The van der Waals surface area contributed by atoms with Crippen molar-refractivity contribution in [3.05, 3.63) is 47.8 Å². The molecule has 0 aliphatic rings. The molecule has 0 bridgehead atoms. The van der Waals surface area contributed by atoms with Crippen LogP contribution in [0.15, 0.2) is 36.4 Å². The normalized spacial score (nSPS) is 11.1. The van der Waals surface area contributed by atoms with Gasteiger partial charge in [0.25, 0.3) is 0 Å². The van der Waals surface area contributed by atoms with Gasteiger partial charge in [-0.2, -0.15) is 9.61 Å². The summed E-state index contributed by atoms with van der Waals surface area (Å²) < 4.78 is 1.77. The van der Waals surface area contributed by atoms with E-state index in [0.717, 1.165) is 22.7 Å². The zero-order valence-electron chi connectivity index (χ0n) is 10.7. The van der Waals surface area contributed by atoms with Gasteiger partial charge in [0.2, 0.25) is 0 Å². The number of hydrogen-bond donors (Lipinski definition) is 1. The second-order valence-electron chi connectivity index (χ2n) is 4.51. The monoisotopic (exact) mass is 253 g/mol. The summed E-state index contributed by atoms with van der Waals surface area (Å²) in [5.74, 6) is 0.798. The molecule has 5 nitrogen and oxygen atoms in total. The second-order valence-corrected chi connectivity index (χ2v) is 4.51. The van der Waals surface area contributed by atoms with Crippen molar-refractivity contribution in [2.75, 3.05) is 6.54 Å². The molecule has 0 atom stereocenters. The Morgan fingerprint density at radius 3 is 2.58 bits per heavy atom. The minimum atomic E-state index is 0.539. The van der Waals surface area contributed by atoms with E-state index in [1.165, 1.54) is 5.56 Å². The summed E-state index contributed by atoms with van der Waals surface area (Å²) in [6.45, 7) is 2.61. The Labute approximate surface area is 111 Å². The second kappa shape index (κ2) is 4.78. The molecule has 0 aliphatic carbocycles. The van der Waals surface area contributed by atoms with E-state index in [1.807, 2.05) is 12.1 Å². The van der Waals surface area contributed by atoms with Crippen LogP contribution >= 0.6 is 0 Å². The van der Waals surface area contributed by atoms with Gasteiger partial charge in [-0.05, 0) is 25.6 Å². The fourth-order valence-corrected chi connectivity index (χ4v) is 2.00. The van der Waals surface area contributed by atoms with Crippen molar-refractivity contribution >= 4 is 5.65 Å². The maximum Gasteiger partial charge on any atom is 0.177 e. The third kappa shape index (κ3) is 2.20. The van der Waals surface area contributed by atoms with E-state index in [9.17, 15) is 0 Å². The molecular formula is C14H15N5. The van der Waals surface area contributed by atoms with Crippen LogP contribution in [-0.4, -0.2) is 26.4 Å². The molecule has 2 N–H and O–H groups in total. The van der Waals surface area contributed by atoms with Gasteiger partial charge in [-0.1, -0.05) is 29.8 Å². The number of rotatable bonds is 3. The molecule has 2 aromatic heterocycles. The molecule has 0 aliphatic heterocycles. The SMILES string of the molecule is Cc1ccc(-c2ccc3nnc(CCN)n3n2)cc1. The van der Waals surface area contributed by atoms with Gasteiger partial charge in [0, 0.05) is 12.0 Å². The predicted molar refractivity (Wildman–Crippen MR) is 73.7 cm³/mol. The van der Waals surface area contributed by atoms with Crippen LogP contribution in [0, 0.1) is 6.92 Å². The average molecular weight is 253 g/mol. The Kier molecular flexibility index (Phi) is 2.97. The van der Waals surface area contributed by atoms with Crippen molar-refractivity contribution in [2.24, 2.45) is 5.73 Å². The van der Waals surface area contributed by atoms with E-state index in [-0.39, 0.29) is 0 Å². The summed E-state index contributed by atoms with van der Waals surface area (Å²) in [5, 5.41) is 12.8. The number of nitrogens with zero attached hydrogens (tertiary/aromatic N) is 4. The molecule has 1 aromatic carbocycles. The fraction of sp³-hybridized carbons (Fsp3) is 0.214. The van der Waals surface area contributed by atoms with Crippen molar-refractivity contribution < 1.29 is 0 Å². The van der Waals surface area contributed by atoms with E-state index in [1.54, 1.807) is 4.52 Å². The number of nitrogens with two attached hydrogens (primary N) is 1. The Morgan fingerprint density at radius 2 is 1.84 bits per heavy atom. The number of benzene rings is 1. The summed E-state index contributed by atoms with van der Waals surface area (Å²) in [4.78, 5) is 0. The highest BCUT2D eigenvalue weighted by atomic mass is 15.4. The summed E-state index contributed by atoms with van der Waals surface area (Å²) in [6.07, 6.45) is 0.672. The van der Waals surface area contributed by atoms with Gasteiger partial charge in [0.05, 0.1) is 5.69 Å². The van der Waals surface area contributed by atoms with Crippen molar-refractivity contribution in [1.29, 1.82) is 0 Å². The van der Waals surface area contributed by atoms with Crippen LogP contribution in [0.2, 0.25) is 0 Å². The topological polar surface area (TPSA) is 69.1 Å². The lowest BCUT2D eigenvalue weighted by Gasteiger charge is -2.03. The Morgan fingerprint density at radius 1 is 1.05 bits per heavy atom. The lowest BCUT2D eigenvalue weighted by molar-refractivity contribution is 0.793. The molecule has 0 fully saturated rings. The van der Waals surface area contributed by atoms with Crippen LogP contribution in [0.4, 0.5) is 0 Å².